The molecule has 2 aromatic heterocycles. The molecule has 2 aliphatic heterocycles. The summed E-state index contributed by atoms with van der Waals surface area (Å²) < 4.78 is 10.7. The first-order chi connectivity index (χ1) is 13.1. The summed E-state index contributed by atoms with van der Waals surface area (Å²) in [6, 6.07) is 3.71. The molecule has 0 aliphatic carbocycles. The second-order valence-corrected chi connectivity index (χ2v) is 7.24. The molecule has 4 heterocycles. The molecule has 8 heteroatoms. The zero-order chi connectivity index (χ0) is 18.8. The van der Waals surface area contributed by atoms with Crippen LogP contribution in [0.4, 0.5) is 0 Å². The Morgan fingerprint density at radius 3 is 2.78 bits per heavy atom. The van der Waals surface area contributed by atoms with Crippen molar-refractivity contribution in [3.05, 3.63) is 23.7 Å². The molecule has 1 amide bonds. The highest BCUT2D eigenvalue weighted by Gasteiger charge is 2.32. The van der Waals surface area contributed by atoms with Gasteiger partial charge in [0.2, 0.25) is 23.5 Å². The molecule has 4 rings (SSSR count). The van der Waals surface area contributed by atoms with Gasteiger partial charge in [-0.1, -0.05) is 5.16 Å². The van der Waals surface area contributed by atoms with Crippen LogP contribution in [0, 0.1) is 6.92 Å². The maximum absolute atomic E-state index is 12.5. The van der Waals surface area contributed by atoms with Crippen molar-refractivity contribution < 1.29 is 14.1 Å². The van der Waals surface area contributed by atoms with Gasteiger partial charge in [0.15, 0.2) is 0 Å². The van der Waals surface area contributed by atoms with Crippen LogP contribution < -0.4 is 10.1 Å². The first-order valence-corrected chi connectivity index (χ1v) is 9.53. The Kier molecular flexibility index (Phi) is 5.07. The summed E-state index contributed by atoms with van der Waals surface area (Å²) in [6.45, 7) is 4.32. The maximum Gasteiger partial charge on any atom is 0.239 e. The number of hydrogen-bond acceptors (Lipinski definition) is 7. The van der Waals surface area contributed by atoms with Gasteiger partial charge in [0, 0.05) is 36.3 Å². The zero-order valence-electron chi connectivity index (χ0n) is 15.8. The molecule has 0 saturated carbocycles. The molecular formula is C19H25N5O3. The van der Waals surface area contributed by atoms with Crippen LogP contribution in [-0.2, 0) is 4.79 Å². The molecule has 1 atom stereocenters. The third kappa shape index (κ3) is 3.80. The van der Waals surface area contributed by atoms with E-state index in [1.807, 2.05) is 17.9 Å². The van der Waals surface area contributed by atoms with E-state index in [1.54, 1.807) is 13.2 Å². The monoisotopic (exact) mass is 371 g/mol. The van der Waals surface area contributed by atoms with Crippen molar-refractivity contribution in [3.8, 4) is 17.3 Å². The van der Waals surface area contributed by atoms with E-state index in [0.29, 0.717) is 17.6 Å². The molecule has 2 aromatic rings. The second-order valence-electron chi connectivity index (χ2n) is 7.24. The van der Waals surface area contributed by atoms with Crippen LogP contribution >= 0.6 is 0 Å². The second kappa shape index (κ2) is 7.64. The molecule has 0 spiro atoms. The highest BCUT2D eigenvalue weighted by atomic mass is 16.5. The number of nitrogens with zero attached hydrogens (tertiary/aromatic N) is 4. The lowest BCUT2D eigenvalue weighted by Gasteiger charge is -2.32. The molecule has 8 nitrogen and oxygen atoms in total. The lowest BCUT2D eigenvalue weighted by atomic mass is 9.96. The highest BCUT2D eigenvalue weighted by Crippen LogP contribution is 2.30. The minimum absolute atomic E-state index is 0.00136. The molecular weight excluding hydrogens is 346 g/mol. The van der Waals surface area contributed by atoms with Crippen molar-refractivity contribution in [3.63, 3.8) is 0 Å². The third-order valence-electron chi connectivity index (χ3n) is 5.35. The minimum atomic E-state index is 0.00136. The average molecular weight is 371 g/mol. The number of aryl methyl sites for hydroxylation is 1. The van der Waals surface area contributed by atoms with E-state index >= 15 is 0 Å². The summed E-state index contributed by atoms with van der Waals surface area (Å²) in [7, 11) is 1.59. The number of pyridine rings is 1. The molecule has 2 fully saturated rings. The fraction of sp³-hybridized carbons (Fsp3) is 0.579. The van der Waals surface area contributed by atoms with Crippen molar-refractivity contribution >= 4 is 5.91 Å². The largest absolute Gasteiger partial charge is 0.481 e. The quantitative estimate of drug-likeness (QED) is 0.877. The van der Waals surface area contributed by atoms with Gasteiger partial charge in [0.05, 0.1) is 13.2 Å². The predicted octanol–water partition coefficient (Wildman–Crippen LogP) is 1.91. The number of rotatable bonds is 4. The molecule has 0 aromatic carbocycles. The summed E-state index contributed by atoms with van der Waals surface area (Å²) in [6.07, 6.45) is 3.72. The van der Waals surface area contributed by atoms with Gasteiger partial charge in [-0.25, -0.2) is 4.98 Å². The number of carbonyl (C=O) groups excluding carboxylic acids is 1. The molecule has 144 valence electrons. The standard InChI is InChI=1S/C19H25N5O3/c1-12-10-14(11-16(21-12)26-2)17-22-18(27-23-17)13-5-8-24(9-6-13)19(25)15-4-3-7-20-15/h10-11,13,15,20H,3-9H2,1-2H3/t15-/m0/s1. The lowest BCUT2D eigenvalue weighted by molar-refractivity contribution is -0.134. The SMILES string of the molecule is COc1cc(-c2noc(C3CCN(C(=O)[C@@H]4CCCN4)CC3)n2)cc(C)n1. The highest BCUT2D eigenvalue weighted by molar-refractivity contribution is 5.82. The van der Waals surface area contributed by atoms with E-state index in [0.717, 1.165) is 56.6 Å². The van der Waals surface area contributed by atoms with E-state index in [2.05, 4.69) is 20.4 Å². The minimum Gasteiger partial charge on any atom is -0.481 e. The Labute approximate surface area is 158 Å². The summed E-state index contributed by atoms with van der Waals surface area (Å²) in [5.41, 5.74) is 1.66. The lowest BCUT2D eigenvalue weighted by Crippen LogP contribution is -2.46. The fourth-order valence-electron chi connectivity index (χ4n) is 3.85. The summed E-state index contributed by atoms with van der Waals surface area (Å²) in [5.74, 6) is 2.14. The van der Waals surface area contributed by atoms with Gasteiger partial charge in [-0.3, -0.25) is 4.79 Å². The van der Waals surface area contributed by atoms with E-state index in [1.165, 1.54) is 0 Å². The number of amides is 1. The average Bonchev–Trinajstić information content (AvgIpc) is 3.39. The Balaban J connectivity index is 1.41. The number of methoxy groups -OCH3 is 1. The number of hydrogen-bond donors (Lipinski definition) is 1. The van der Waals surface area contributed by atoms with Gasteiger partial charge in [0.25, 0.3) is 0 Å². The molecule has 2 aliphatic rings. The van der Waals surface area contributed by atoms with Crippen LogP contribution in [0.1, 0.15) is 43.2 Å². The topological polar surface area (TPSA) is 93.4 Å². The number of likely N-dealkylation sites (tertiary alicyclic amines) is 1. The molecule has 0 radical (unpaired) electrons. The van der Waals surface area contributed by atoms with Crippen molar-refractivity contribution in [2.24, 2.45) is 0 Å². The van der Waals surface area contributed by atoms with Crippen LogP contribution in [0.2, 0.25) is 0 Å². The van der Waals surface area contributed by atoms with Crippen LogP contribution in [0.25, 0.3) is 11.4 Å². The van der Waals surface area contributed by atoms with Crippen LogP contribution in [0.5, 0.6) is 5.88 Å². The van der Waals surface area contributed by atoms with E-state index < -0.39 is 0 Å². The smallest absolute Gasteiger partial charge is 0.239 e. The summed E-state index contributed by atoms with van der Waals surface area (Å²) in [5, 5.41) is 7.42. The number of piperidine rings is 1. The zero-order valence-corrected chi connectivity index (χ0v) is 15.8. The maximum atomic E-state index is 12.5. The Morgan fingerprint density at radius 1 is 1.26 bits per heavy atom. The normalized spacial score (nSPS) is 20.8. The molecule has 0 bridgehead atoms. The van der Waals surface area contributed by atoms with Gasteiger partial charge in [0.1, 0.15) is 0 Å². The molecule has 0 unspecified atom stereocenters. The van der Waals surface area contributed by atoms with Gasteiger partial charge in [-0.15, -0.1) is 0 Å². The first kappa shape index (κ1) is 17.9. The van der Waals surface area contributed by atoms with E-state index in [4.69, 9.17) is 9.26 Å². The summed E-state index contributed by atoms with van der Waals surface area (Å²) >= 11 is 0. The van der Waals surface area contributed by atoms with E-state index in [9.17, 15) is 4.79 Å². The number of aromatic nitrogens is 3. The van der Waals surface area contributed by atoms with Crippen LogP contribution in [0.3, 0.4) is 0 Å². The predicted molar refractivity (Wildman–Crippen MR) is 98.4 cm³/mol. The molecule has 27 heavy (non-hydrogen) atoms. The number of ether oxygens (including phenoxy) is 1. The van der Waals surface area contributed by atoms with Gasteiger partial charge in [-0.05, 0) is 45.2 Å². The van der Waals surface area contributed by atoms with Gasteiger partial charge < -0.3 is 19.5 Å². The first-order valence-electron chi connectivity index (χ1n) is 9.53. The number of nitrogens with one attached hydrogen (secondary N) is 1. The fourth-order valence-corrected chi connectivity index (χ4v) is 3.85. The third-order valence-corrected chi connectivity index (χ3v) is 5.35. The molecule has 1 N–H and O–H groups in total. The van der Waals surface area contributed by atoms with Crippen molar-refractivity contribution in [2.45, 2.75) is 44.6 Å². The van der Waals surface area contributed by atoms with Gasteiger partial charge >= 0.3 is 0 Å². The van der Waals surface area contributed by atoms with Crippen molar-refractivity contribution in [2.75, 3.05) is 26.7 Å². The Bertz CT molecular complexity index is 807. The number of carbonyl (C=O) groups is 1. The van der Waals surface area contributed by atoms with Crippen molar-refractivity contribution in [1.29, 1.82) is 0 Å². The summed E-state index contributed by atoms with van der Waals surface area (Å²) in [4.78, 5) is 23.4. The van der Waals surface area contributed by atoms with Gasteiger partial charge in [-0.2, -0.15) is 4.98 Å². The van der Waals surface area contributed by atoms with Crippen LogP contribution in [0.15, 0.2) is 16.7 Å². The Hall–Kier alpha value is -2.48. The van der Waals surface area contributed by atoms with Crippen molar-refractivity contribution in [1.82, 2.24) is 25.3 Å². The Morgan fingerprint density at radius 2 is 2.07 bits per heavy atom. The van der Waals surface area contributed by atoms with E-state index in [-0.39, 0.29) is 17.9 Å². The van der Waals surface area contributed by atoms with Crippen LogP contribution in [-0.4, -0.2) is 58.7 Å². The molecule has 2 saturated heterocycles.